The minimum Gasteiger partial charge on any atom is -0.310 e. The Bertz CT molecular complexity index is 4130. The van der Waals surface area contributed by atoms with Crippen molar-refractivity contribution in [1.29, 1.82) is 0 Å². The molecule has 3 aliphatic rings. The fourth-order valence-electron chi connectivity index (χ4n) is 13.4. The van der Waals surface area contributed by atoms with E-state index in [0.29, 0.717) is 0 Å². The summed E-state index contributed by atoms with van der Waals surface area (Å²) in [5.74, 6) is 0. The van der Waals surface area contributed by atoms with Crippen LogP contribution in [-0.2, 0) is 10.8 Å². The molecule has 0 atom stereocenters. The summed E-state index contributed by atoms with van der Waals surface area (Å²) < 4.78 is 2.42. The highest BCUT2D eigenvalue weighted by Crippen LogP contribution is 2.64. The fourth-order valence-corrected chi connectivity index (χ4v) is 13.4. The van der Waals surface area contributed by atoms with Crippen LogP contribution < -0.4 is 4.90 Å². The first kappa shape index (κ1) is 40.9. The normalized spacial score (nSPS) is 13.9. The maximum Gasteiger partial charge on any atom is 0.0726 e. The second kappa shape index (κ2) is 15.3. The zero-order chi connectivity index (χ0) is 47.7. The molecule has 0 radical (unpaired) electrons. The number of anilines is 3. The number of fused-ring (bicyclic) bond motifs is 16. The van der Waals surface area contributed by atoms with Crippen molar-refractivity contribution < 1.29 is 0 Å². The van der Waals surface area contributed by atoms with Gasteiger partial charge in [0.15, 0.2) is 0 Å². The smallest absolute Gasteiger partial charge is 0.0726 e. The van der Waals surface area contributed by atoms with Crippen molar-refractivity contribution in [3.63, 3.8) is 0 Å². The molecule has 0 saturated carbocycles. The van der Waals surface area contributed by atoms with Gasteiger partial charge < -0.3 is 9.47 Å². The standard InChI is InChI=1S/C70H48N2/c1-69(2)59-29-13-9-25-54(59)57-28-18-34-66(68(57)69)71(49-38-35-46(36-39-49)45-19-5-3-6-20-45)50-40-42-56-55-41-37-47(43-62(55)70(63(56)44-50)60-30-14-10-23-52(60)53-24-11-15-31-61(53)70)51-27-17-33-65-67(51)58-26-12-16-32-64(58)72(65)48-21-7-4-8-22-48/h3-44H,1-2H3. The summed E-state index contributed by atoms with van der Waals surface area (Å²) in [5, 5.41) is 2.52. The molecule has 2 nitrogen and oxygen atoms in total. The lowest BCUT2D eigenvalue weighted by atomic mass is 9.70. The molecular formula is C70H48N2. The van der Waals surface area contributed by atoms with Crippen molar-refractivity contribution in [2.75, 3.05) is 4.90 Å². The molecule has 1 aromatic heterocycles. The molecule has 12 aromatic rings. The van der Waals surface area contributed by atoms with Crippen LogP contribution in [0.3, 0.4) is 0 Å². The van der Waals surface area contributed by atoms with Gasteiger partial charge in [-0.15, -0.1) is 0 Å². The van der Waals surface area contributed by atoms with Crippen molar-refractivity contribution in [2.24, 2.45) is 0 Å². The van der Waals surface area contributed by atoms with Crippen LogP contribution in [0.5, 0.6) is 0 Å². The van der Waals surface area contributed by atoms with E-state index in [9.17, 15) is 0 Å². The molecule has 0 N–H and O–H groups in total. The Balaban J connectivity index is 0.981. The van der Waals surface area contributed by atoms with E-state index in [1.165, 1.54) is 117 Å². The minimum atomic E-state index is -0.577. The van der Waals surface area contributed by atoms with E-state index in [1.54, 1.807) is 0 Å². The predicted molar refractivity (Wildman–Crippen MR) is 300 cm³/mol. The Morgan fingerprint density at radius 2 is 0.833 bits per heavy atom. The number of benzene rings is 11. The number of rotatable bonds is 6. The molecule has 338 valence electrons. The minimum absolute atomic E-state index is 0.227. The molecule has 0 fully saturated rings. The topological polar surface area (TPSA) is 8.17 Å². The number of hydrogen-bond acceptors (Lipinski definition) is 1. The third kappa shape index (κ3) is 5.55. The molecule has 2 heteroatoms. The van der Waals surface area contributed by atoms with E-state index in [0.717, 1.165) is 17.1 Å². The summed E-state index contributed by atoms with van der Waals surface area (Å²) in [5.41, 5.74) is 26.8. The number of para-hydroxylation sites is 2. The van der Waals surface area contributed by atoms with Gasteiger partial charge in [-0.3, -0.25) is 0 Å². The third-order valence-electron chi connectivity index (χ3n) is 16.4. The Labute approximate surface area is 420 Å². The largest absolute Gasteiger partial charge is 0.310 e. The maximum absolute atomic E-state index is 2.54. The van der Waals surface area contributed by atoms with Crippen LogP contribution in [0.15, 0.2) is 255 Å². The van der Waals surface area contributed by atoms with Crippen molar-refractivity contribution in [1.82, 2.24) is 4.57 Å². The van der Waals surface area contributed by atoms with Crippen LogP contribution in [0.2, 0.25) is 0 Å². The lowest BCUT2D eigenvalue weighted by Gasteiger charge is -2.34. The summed E-state index contributed by atoms with van der Waals surface area (Å²) in [6.07, 6.45) is 0. The van der Waals surface area contributed by atoms with Crippen LogP contribution in [0, 0.1) is 0 Å². The average Bonchev–Trinajstić information content (AvgIpc) is 4.12. The van der Waals surface area contributed by atoms with Gasteiger partial charge in [0.1, 0.15) is 0 Å². The van der Waals surface area contributed by atoms with Gasteiger partial charge in [-0.25, -0.2) is 0 Å². The SMILES string of the molecule is CC1(C)c2ccccc2-c2cccc(N(c3ccc(-c4ccccc4)cc3)c3ccc4c(c3)C3(c5ccccc5-c5ccccc53)c3cc(-c5cccc6c5c5ccccc5n6-c5ccccc5)ccc3-4)c21. The first-order chi connectivity index (χ1) is 35.5. The first-order valence-electron chi connectivity index (χ1n) is 25.3. The van der Waals surface area contributed by atoms with Crippen molar-refractivity contribution in [3.8, 4) is 61.3 Å². The fraction of sp³-hybridized carbons (Fsp3) is 0.0571. The molecule has 0 amide bonds. The van der Waals surface area contributed by atoms with E-state index < -0.39 is 5.41 Å². The lowest BCUT2D eigenvalue weighted by molar-refractivity contribution is 0.661. The van der Waals surface area contributed by atoms with Crippen LogP contribution >= 0.6 is 0 Å². The first-order valence-corrected chi connectivity index (χ1v) is 25.3. The predicted octanol–water partition coefficient (Wildman–Crippen LogP) is 18.2. The summed E-state index contributed by atoms with van der Waals surface area (Å²) in [6.45, 7) is 4.80. The third-order valence-corrected chi connectivity index (χ3v) is 16.4. The van der Waals surface area contributed by atoms with Gasteiger partial charge in [0.05, 0.1) is 22.1 Å². The molecule has 72 heavy (non-hydrogen) atoms. The van der Waals surface area contributed by atoms with Gasteiger partial charge >= 0.3 is 0 Å². The molecule has 1 spiro atoms. The molecule has 0 unspecified atom stereocenters. The molecule has 11 aromatic carbocycles. The Kier molecular flexibility index (Phi) is 8.66. The Hall–Kier alpha value is -8.98. The van der Waals surface area contributed by atoms with Gasteiger partial charge in [0.2, 0.25) is 0 Å². The van der Waals surface area contributed by atoms with Crippen LogP contribution in [0.1, 0.15) is 47.2 Å². The average molecular weight is 917 g/mol. The highest BCUT2D eigenvalue weighted by molar-refractivity contribution is 6.16. The zero-order valence-corrected chi connectivity index (χ0v) is 40.1. The molecule has 15 rings (SSSR count). The van der Waals surface area contributed by atoms with E-state index in [1.807, 2.05) is 0 Å². The van der Waals surface area contributed by atoms with Crippen LogP contribution in [0.25, 0.3) is 83.1 Å². The quantitative estimate of drug-likeness (QED) is 0.161. The van der Waals surface area contributed by atoms with E-state index in [2.05, 4.69) is 278 Å². The van der Waals surface area contributed by atoms with Gasteiger partial charge in [-0.2, -0.15) is 0 Å². The van der Waals surface area contributed by atoms with Gasteiger partial charge in [0.25, 0.3) is 0 Å². The second-order valence-corrected chi connectivity index (χ2v) is 20.3. The molecule has 0 bridgehead atoms. The van der Waals surface area contributed by atoms with Gasteiger partial charge in [-0.05, 0) is 150 Å². The van der Waals surface area contributed by atoms with E-state index in [4.69, 9.17) is 0 Å². The van der Waals surface area contributed by atoms with Crippen molar-refractivity contribution in [2.45, 2.75) is 24.7 Å². The summed E-state index contributed by atoms with van der Waals surface area (Å²) in [4.78, 5) is 2.54. The van der Waals surface area contributed by atoms with Crippen LogP contribution in [0.4, 0.5) is 17.1 Å². The van der Waals surface area contributed by atoms with E-state index in [-0.39, 0.29) is 5.41 Å². The van der Waals surface area contributed by atoms with Crippen molar-refractivity contribution >= 4 is 38.9 Å². The molecule has 1 heterocycles. The van der Waals surface area contributed by atoms with E-state index >= 15 is 0 Å². The molecule has 3 aliphatic carbocycles. The van der Waals surface area contributed by atoms with Crippen molar-refractivity contribution in [3.05, 3.63) is 288 Å². The molecule has 0 aliphatic heterocycles. The van der Waals surface area contributed by atoms with Gasteiger partial charge in [-0.1, -0.05) is 208 Å². The Morgan fingerprint density at radius 1 is 0.333 bits per heavy atom. The maximum atomic E-state index is 2.54. The second-order valence-electron chi connectivity index (χ2n) is 20.3. The number of nitrogens with zero attached hydrogens (tertiary/aromatic N) is 2. The molecular weight excluding hydrogens is 869 g/mol. The monoisotopic (exact) mass is 916 g/mol. The zero-order valence-electron chi connectivity index (χ0n) is 40.1. The molecule has 0 saturated heterocycles. The lowest BCUT2D eigenvalue weighted by Crippen LogP contribution is -2.26. The van der Waals surface area contributed by atoms with Crippen LogP contribution in [-0.4, -0.2) is 4.57 Å². The highest BCUT2D eigenvalue weighted by atomic mass is 15.1. The number of hydrogen-bond donors (Lipinski definition) is 0. The van der Waals surface area contributed by atoms with Gasteiger partial charge in [0, 0.05) is 33.2 Å². The summed E-state index contributed by atoms with van der Waals surface area (Å²) in [7, 11) is 0. The summed E-state index contributed by atoms with van der Waals surface area (Å²) in [6, 6.07) is 95.4. The summed E-state index contributed by atoms with van der Waals surface area (Å²) >= 11 is 0. The number of aromatic nitrogens is 1. The Morgan fingerprint density at radius 3 is 1.57 bits per heavy atom. The highest BCUT2D eigenvalue weighted by Gasteiger charge is 2.52.